The Kier molecular flexibility index (Phi) is 9.44. The van der Waals surface area contributed by atoms with Crippen molar-refractivity contribution in [1.29, 1.82) is 0 Å². The van der Waals surface area contributed by atoms with Gasteiger partial charge in [-0.05, 0) is 55.0 Å². The third-order valence-corrected chi connectivity index (χ3v) is 8.87. The molecule has 0 N–H and O–H groups in total. The molecule has 0 bridgehead atoms. The summed E-state index contributed by atoms with van der Waals surface area (Å²) >= 11 is 12.2. The number of carbonyl (C=O) groups excluding carboxylic acids is 1. The topological polar surface area (TPSA) is 72.9 Å². The molecule has 15 heteroatoms. The van der Waals surface area contributed by atoms with Crippen LogP contribution in [0.15, 0.2) is 65.6 Å². The highest BCUT2D eigenvalue weighted by Crippen LogP contribution is 2.39. The van der Waals surface area contributed by atoms with E-state index in [0.29, 0.717) is 17.7 Å². The maximum absolute atomic E-state index is 13.4. The minimum absolute atomic E-state index is 0.0675. The van der Waals surface area contributed by atoms with Gasteiger partial charge in [0.05, 0.1) is 45.8 Å². The molecule has 0 radical (unpaired) electrons. The van der Waals surface area contributed by atoms with Gasteiger partial charge in [0.2, 0.25) is 0 Å². The molecule has 0 aromatic heterocycles. The van der Waals surface area contributed by atoms with E-state index in [-0.39, 0.29) is 47.1 Å². The van der Waals surface area contributed by atoms with Crippen molar-refractivity contribution in [1.82, 2.24) is 4.90 Å². The fraction of sp³-hybridized carbons (Fsp3) is 0.321. The maximum Gasteiger partial charge on any atom is 0.416 e. The van der Waals surface area contributed by atoms with Crippen LogP contribution in [-0.4, -0.2) is 45.5 Å². The second kappa shape index (κ2) is 12.3. The number of aryl methyl sites for hydroxylation is 1. The van der Waals surface area contributed by atoms with Crippen LogP contribution in [0.1, 0.15) is 39.0 Å². The van der Waals surface area contributed by atoms with Gasteiger partial charge in [0.1, 0.15) is 5.60 Å². The van der Waals surface area contributed by atoms with Gasteiger partial charge in [0, 0.05) is 18.5 Å². The van der Waals surface area contributed by atoms with Crippen molar-refractivity contribution in [2.24, 2.45) is 0 Å². The second-order valence-electron chi connectivity index (χ2n) is 9.83. The molecule has 6 nitrogen and oxygen atoms in total. The molecule has 1 saturated heterocycles. The summed E-state index contributed by atoms with van der Waals surface area (Å²) in [6, 6.07) is 10.9. The third kappa shape index (κ3) is 7.63. The van der Waals surface area contributed by atoms with Gasteiger partial charge in [0.25, 0.3) is 16.0 Å². The number of hydrogen-bond acceptors (Lipinski definition) is 5. The van der Waals surface area contributed by atoms with Crippen molar-refractivity contribution >= 4 is 39.2 Å². The summed E-state index contributed by atoms with van der Waals surface area (Å²) in [6.45, 7) is 0.564. The predicted octanol–water partition coefficient (Wildman–Crippen LogP) is 7.50. The van der Waals surface area contributed by atoms with Crippen molar-refractivity contribution in [2.75, 3.05) is 26.3 Å². The molecule has 1 amide bonds. The summed E-state index contributed by atoms with van der Waals surface area (Å²) in [4.78, 5) is 14.3. The molecule has 1 fully saturated rings. The van der Waals surface area contributed by atoms with E-state index >= 15 is 0 Å². The zero-order chi connectivity index (χ0) is 31.8. The summed E-state index contributed by atoms with van der Waals surface area (Å²) in [5.74, 6) is -1.11. The summed E-state index contributed by atoms with van der Waals surface area (Å²) in [5.41, 5.74) is -4.46. The van der Waals surface area contributed by atoms with E-state index in [2.05, 4.69) is 0 Å². The minimum atomic E-state index is -5.15. The third-order valence-electron chi connectivity index (χ3n) is 6.81. The number of halogens is 8. The minimum Gasteiger partial charge on any atom is -0.366 e. The van der Waals surface area contributed by atoms with E-state index in [1.807, 2.05) is 0 Å². The largest absolute Gasteiger partial charge is 0.416 e. The number of rotatable bonds is 7. The predicted molar refractivity (Wildman–Crippen MR) is 145 cm³/mol. The van der Waals surface area contributed by atoms with Gasteiger partial charge in [-0.2, -0.15) is 34.8 Å². The molecule has 232 valence electrons. The molecule has 0 aliphatic carbocycles. The highest BCUT2D eigenvalue weighted by molar-refractivity contribution is 7.86. The van der Waals surface area contributed by atoms with E-state index < -0.39 is 57.3 Å². The molecule has 1 heterocycles. The smallest absolute Gasteiger partial charge is 0.366 e. The van der Waals surface area contributed by atoms with Gasteiger partial charge in [-0.1, -0.05) is 47.0 Å². The summed E-state index contributed by atoms with van der Waals surface area (Å²) in [6.07, 6.45) is -10.5. The van der Waals surface area contributed by atoms with E-state index in [4.69, 9.17) is 32.1 Å². The van der Waals surface area contributed by atoms with Crippen LogP contribution in [0.2, 0.25) is 10.0 Å². The van der Waals surface area contributed by atoms with Gasteiger partial charge in [-0.15, -0.1) is 0 Å². The number of hydrogen-bond donors (Lipinski definition) is 0. The lowest BCUT2D eigenvalue weighted by atomic mass is 9.88. The lowest BCUT2D eigenvalue weighted by molar-refractivity contribution is -0.143. The quantitative estimate of drug-likeness (QED) is 0.192. The normalized spacial score (nSPS) is 18.1. The number of nitrogens with zero attached hydrogens (tertiary/aromatic N) is 1. The Balaban J connectivity index is 1.67. The molecule has 43 heavy (non-hydrogen) atoms. The fourth-order valence-electron chi connectivity index (χ4n) is 4.56. The fourth-order valence-corrected chi connectivity index (χ4v) is 5.76. The van der Waals surface area contributed by atoms with Crippen LogP contribution in [0.4, 0.5) is 26.3 Å². The molecular formula is C28H23Cl2F6NO5S. The Morgan fingerprint density at radius 2 is 1.53 bits per heavy atom. The van der Waals surface area contributed by atoms with E-state index in [1.54, 1.807) is 19.1 Å². The van der Waals surface area contributed by atoms with Crippen LogP contribution in [0.25, 0.3) is 0 Å². The number of benzene rings is 3. The number of alkyl halides is 6. The molecule has 3 aromatic carbocycles. The first-order valence-electron chi connectivity index (χ1n) is 12.6. The van der Waals surface area contributed by atoms with Crippen LogP contribution in [-0.2, 0) is 37.0 Å². The van der Waals surface area contributed by atoms with E-state index in [1.165, 1.54) is 30.3 Å². The first-order chi connectivity index (χ1) is 19.9. The average Bonchev–Trinajstić information content (AvgIpc) is 2.93. The highest BCUT2D eigenvalue weighted by atomic mass is 35.5. The summed E-state index contributed by atoms with van der Waals surface area (Å²) < 4.78 is 117. The first-order valence-corrected chi connectivity index (χ1v) is 14.7. The second-order valence-corrected chi connectivity index (χ2v) is 12.3. The summed E-state index contributed by atoms with van der Waals surface area (Å²) in [7, 11) is -4.21. The van der Waals surface area contributed by atoms with Gasteiger partial charge < -0.3 is 9.64 Å². The molecule has 0 saturated carbocycles. The Bertz CT molecular complexity index is 1580. The summed E-state index contributed by atoms with van der Waals surface area (Å²) in [5, 5.41) is 0.262. The highest BCUT2D eigenvalue weighted by Gasteiger charge is 2.42. The molecule has 3 aromatic rings. The standard InChI is InChI=1S/C28H23Cl2F6NO5S/c1-17-2-5-22(6-3-17)43(39,40)42-10-8-26(19-4-7-23(29)24(30)15-19)16-37(9-11-41-26)25(38)18-12-20(27(31,32)33)14-21(13-18)28(34,35)36/h2-7,12-15H,8-11,16H2,1H3. The molecule has 1 aliphatic heterocycles. The molecule has 4 rings (SSSR count). The molecule has 0 spiro atoms. The zero-order valence-electron chi connectivity index (χ0n) is 22.2. The van der Waals surface area contributed by atoms with Gasteiger partial charge in [-0.25, -0.2) is 0 Å². The van der Waals surface area contributed by atoms with E-state index in [9.17, 15) is 39.6 Å². The molecule has 1 atom stereocenters. The van der Waals surface area contributed by atoms with Crippen molar-refractivity contribution in [2.45, 2.75) is 36.2 Å². The maximum atomic E-state index is 13.4. The monoisotopic (exact) mass is 669 g/mol. The Morgan fingerprint density at radius 3 is 2.09 bits per heavy atom. The van der Waals surface area contributed by atoms with Crippen LogP contribution in [0.3, 0.4) is 0 Å². The zero-order valence-corrected chi connectivity index (χ0v) is 24.6. The van der Waals surface area contributed by atoms with E-state index in [0.717, 1.165) is 10.5 Å². The number of carbonyl (C=O) groups is 1. The van der Waals surface area contributed by atoms with Gasteiger partial charge >= 0.3 is 12.4 Å². The van der Waals surface area contributed by atoms with Crippen LogP contribution < -0.4 is 0 Å². The number of morpholine rings is 1. The van der Waals surface area contributed by atoms with Crippen molar-refractivity contribution < 1.29 is 48.5 Å². The van der Waals surface area contributed by atoms with Crippen molar-refractivity contribution in [3.63, 3.8) is 0 Å². The van der Waals surface area contributed by atoms with Crippen LogP contribution >= 0.6 is 23.2 Å². The van der Waals surface area contributed by atoms with Gasteiger partial charge in [0.15, 0.2) is 0 Å². The van der Waals surface area contributed by atoms with Crippen molar-refractivity contribution in [3.05, 3.63) is 98.5 Å². The lowest BCUT2D eigenvalue weighted by Gasteiger charge is -2.43. The molecule has 1 aliphatic rings. The number of ether oxygens (including phenoxy) is 1. The number of amides is 1. The Labute approximate surface area is 253 Å². The van der Waals surface area contributed by atoms with Crippen LogP contribution in [0.5, 0.6) is 0 Å². The molecule has 1 unspecified atom stereocenters. The average molecular weight is 670 g/mol. The SMILES string of the molecule is Cc1ccc(S(=O)(=O)OCCC2(c3ccc(Cl)c(Cl)c3)CN(C(=O)c3cc(C(F)(F)F)cc(C(F)(F)F)c3)CCO2)cc1. The van der Waals surface area contributed by atoms with Crippen molar-refractivity contribution in [3.8, 4) is 0 Å². The Hall–Kier alpha value is -2.84. The lowest BCUT2D eigenvalue weighted by Crippen LogP contribution is -2.52. The van der Waals surface area contributed by atoms with Crippen LogP contribution in [0, 0.1) is 6.92 Å². The molecular weight excluding hydrogens is 647 g/mol. The Morgan fingerprint density at radius 1 is 0.930 bits per heavy atom. The first kappa shape index (κ1) is 33.1. The van der Waals surface area contributed by atoms with Gasteiger partial charge in [-0.3, -0.25) is 8.98 Å².